The Morgan fingerprint density at radius 2 is 2.00 bits per heavy atom. The highest BCUT2D eigenvalue weighted by molar-refractivity contribution is 7.86. The minimum Gasteiger partial charge on any atom is -0.478 e. The first-order valence-corrected chi connectivity index (χ1v) is 5.63. The molecule has 1 aromatic rings. The SMILES string of the molecule is CS(=O)(=O)Oc1ccc(N)cc1C(=O)O.Cl. The second-order valence-electron chi connectivity index (χ2n) is 2.85. The van der Waals surface area contributed by atoms with E-state index in [0.29, 0.717) is 0 Å². The van der Waals surface area contributed by atoms with Crippen LogP contribution in [0.25, 0.3) is 0 Å². The third-order valence-corrected chi connectivity index (χ3v) is 1.96. The summed E-state index contributed by atoms with van der Waals surface area (Å²) in [7, 11) is -3.75. The van der Waals surface area contributed by atoms with Crippen molar-refractivity contribution in [3.05, 3.63) is 23.8 Å². The Bertz CT molecular complexity index is 499. The lowest BCUT2D eigenvalue weighted by Crippen LogP contribution is -2.10. The number of anilines is 1. The predicted octanol–water partition coefficient (Wildman–Crippen LogP) is 0.727. The minimum absolute atomic E-state index is 0. The Balaban J connectivity index is 0.00000225. The highest BCUT2D eigenvalue weighted by atomic mass is 35.5. The number of aromatic carboxylic acids is 1. The van der Waals surface area contributed by atoms with Gasteiger partial charge in [0.2, 0.25) is 0 Å². The van der Waals surface area contributed by atoms with Gasteiger partial charge < -0.3 is 15.0 Å². The quantitative estimate of drug-likeness (QED) is 0.617. The second-order valence-corrected chi connectivity index (χ2v) is 4.42. The molecule has 0 spiro atoms. The Morgan fingerprint density at radius 3 is 2.44 bits per heavy atom. The van der Waals surface area contributed by atoms with Crippen molar-refractivity contribution < 1.29 is 22.5 Å². The van der Waals surface area contributed by atoms with Crippen LogP contribution in [0.15, 0.2) is 18.2 Å². The van der Waals surface area contributed by atoms with Crippen molar-refractivity contribution in [2.45, 2.75) is 0 Å². The highest BCUT2D eigenvalue weighted by Gasteiger charge is 2.15. The molecule has 0 aliphatic rings. The molecule has 0 aromatic heterocycles. The fraction of sp³-hybridized carbons (Fsp3) is 0.125. The van der Waals surface area contributed by atoms with Gasteiger partial charge in [-0.25, -0.2) is 4.79 Å². The molecule has 3 N–H and O–H groups in total. The molecule has 90 valence electrons. The fourth-order valence-corrected chi connectivity index (χ4v) is 1.42. The van der Waals surface area contributed by atoms with Gasteiger partial charge in [-0.1, -0.05) is 0 Å². The van der Waals surface area contributed by atoms with Gasteiger partial charge in [-0.05, 0) is 18.2 Å². The van der Waals surface area contributed by atoms with E-state index in [4.69, 9.17) is 10.8 Å². The van der Waals surface area contributed by atoms with Crippen molar-refractivity contribution in [2.75, 3.05) is 12.0 Å². The molecule has 1 rings (SSSR count). The summed E-state index contributed by atoms with van der Waals surface area (Å²) in [5, 5.41) is 8.76. The van der Waals surface area contributed by atoms with E-state index in [1.54, 1.807) is 0 Å². The molecule has 0 amide bonds. The lowest BCUT2D eigenvalue weighted by atomic mass is 10.2. The molecule has 0 heterocycles. The van der Waals surface area contributed by atoms with Crippen molar-refractivity contribution in [1.29, 1.82) is 0 Å². The zero-order valence-corrected chi connectivity index (χ0v) is 9.84. The molecule has 0 unspecified atom stereocenters. The van der Waals surface area contributed by atoms with Gasteiger partial charge >= 0.3 is 16.1 Å². The van der Waals surface area contributed by atoms with E-state index >= 15 is 0 Å². The standard InChI is InChI=1S/C8H9NO5S.ClH/c1-15(12,13)14-7-3-2-5(9)4-6(7)8(10)11;/h2-4H,9H2,1H3,(H,10,11);1H. The molecular formula is C8H10ClNO5S. The Morgan fingerprint density at radius 1 is 1.44 bits per heavy atom. The van der Waals surface area contributed by atoms with Crippen molar-refractivity contribution in [3.63, 3.8) is 0 Å². The van der Waals surface area contributed by atoms with Crippen LogP contribution in [0.5, 0.6) is 5.75 Å². The molecule has 6 nitrogen and oxygen atoms in total. The van der Waals surface area contributed by atoms with Crippen LogP contribution in [0.1, 0.15) is 10.4 Å². The zero-order valence-electron chi connectivity index (χ0n) is 8.21. The average Bonchev–Trinajstić information content (AvgIpc) is 2.05. The molecule has 0 aliphatic carbocycles. The van der Waals surface area contributed by atoms with Crippen LogP contribution in [0, 0.1) is 0 Å². The molecule has 1 aromatic carbocycles. The van der Waals surface area contributed by atoms with Gasteiger partial charge in [0.1, 0.15) is 5.56 Å². The first-order chi connectivity index (χ1) is 6.79. The molecule has 8 heteroatoms. The fourth-order valence-electron chi connectivity index (χ4n) is 0.950. The van der Waals surface area contributed by atoms with Gasteiger partial charge in [0.25, 0.3) is 0 Å². The normalized spacial score (nSPS) is 10.3. The van der Waals surface area contributed by atoms with Crippen molar-refractivity contribution in [2.24, 2.45) is 0 Å². The zero-order chi connectivity index (χ0) is 11.6. The lowest BCUT2D eigenvalue weighted by molar-refractivity contribution is 0.0695. The summed E-state index contributed by atoms with van der Waals surface area (Å²) in [6, 6.07) is 3.68. The van der Waals surface area contributed by atoms with Crippen molar-refractivity contribution in [3.8, 4) is 5.75 Å². The van der Waals surface area contributed by atoms with Crippen LogP contribution >= 0.6 is 12.4 Å². The maximum atomic E-state index is 10.8. The number of halogens is 1. The van der Waals surface area contributed by atoms with Crippen LogP contribution in [0.3, 0.4) is 0 Å². The molecule has 0 fully saturated rings. The first-order valence-electron chi connectivity index (χ1n) is 3.82. The molecule has 16 heavy (non-hydrogen) atoms. The largest absolute Gasteiger partial charge is 0.478 e. The lowest BCUT2D eigenvalue weighted by Gasteiger charge is -2.06. The molecule has 0 atom stereocenters. The molecule has 0 saturated heterocycles. The van der Waals surface area contributed by atoms with Gasteiger partial charge in [-0.2, -0.15) is 8.42 Å². The maximum Gasteiger partial charge on any atom is 0.339 e. The highest BCUT2D eigenvalue weighted by Crippen LogP contribution is 2.22. The summed E-state index contributed by atoms with van der Waals surface area (Å²) >= 11 is 0. The summed E-state index contributed by atoms with van der Waals surface area (Å²) < 4.78 is 26.1. The third kappa shape index (κ3) is 3.95. The molecular weight excluding hydrogens is 258 g/mol. The number of carbonyl (C=O) groups is 1. The Labute approximate surface area is 98.6 Å². The Kier molecular flexibility index (Phi) is 4.58. The predicted molar refractivity (Wildman–Crippen MR) is 60.5 cm³/mol. The average molecular weight is 268 g/mol. The number of nitrogen functional groups attached to an aromatic ring is 1. The maximum absolute atomic E-state index is 10.8. The topological polar surface area (TPSA) is 107 Å². The molecule has 0 bridgehead atoms. The van der Waals surface area contributed by atoms with Crippen LogP contribution in [-0.4, -0.2) is 25.7 Å². The van der Waals surface area contributed by atoms with Gasteiger partial charge in [-0.15, -0.1) is 12.4 Å². The number of benzene rings is 1. The monoisotopic (exact) mass is 267 g/mol. The number of nitrogens with two attached hydrogens (primary N) is 1. The van der Waals surface area contributed by atoms with Crippen LogP contribution in [0.4, 0.5) is 5.69 Å². The van der Waals surface area contributed by atoms with E-state index in [9.17, 15) is 13.2 Å². The van der Waals surface area contributed by atoms with Crippen LogP contribution in [-0.2, 0) is 10.1 Å². The van der Waals surface area contributed by atoms with Crippen molar-refractivity contribution >= 4 is 34.2 Å². The van der Waals surface area contributed by atoms with Crippen molar-refractivity contribution in [1.82, 2.24) is 0 Å². The number of rotatable bonds is 3. The second kappa shape index (κ2) is 5.04. The van der Waals surface area contributed by atoms with Gasteiger partial charge in [0, 0.05) is 5.69 Å². The van der Waals surface area contributed by atoms with E-state index in [1.165, 1.54) is 12.1 Å². The Hall–Kier alpha value is -1.47. The van der Waals surface area contributed by atoms with Crippen LogP contribution < -0.4 is 9.92 Å². The summed E-state index contributed by atoms with van der Waals surface area (Å²) in [6.45, 7) is 0. The molecule has 0 aliphatic heterocycles. The summed E-state index contributed by atoms with van der Waals surface area (Å²) in [5.74, 6) is -1.56. The van der Waals surface area contributed by atoms with Gasteiger partial charge in [0.15, 0.2) is 5.75 Å². The molecule has 0 saturated carbocycles. The number of carboxylic acid groups (broad SMARTS) is 1. The number of hydrogen-bond acceptors (Lipinski definition) is 5. The summed E-state index contributed by atoms with van der Waals surface area (Å²) in [4.78, 5) is 10.7. The smallest absolute Gasteiger partial charge is 0.339 e. The third-order valence-electron chi connectivity index (χ3n) is 1.48. The summed E-state index contributed by atoms with van der Waals surface area (Å²) in [5.41, 5.74) is 5.29. The van der Waals surface area contributed by atoms with E-state index in [0.717, 1.165) is 12.3 Å². The number of carboxylic acids is 1. The van der Waals surface area contributed by atoms with E-state index in [2.05, 4.69) is 4.18 Å². The first kappa shape index (κ1) is 14.5. The van der Waals surface area contributed by atoms with Gasteiger partial charge in [0.05, 0.1) is 6.26 Å². The number of hydrogen-bond donors (Lipinski definition) is 2. The van der Waals surface area contributed by atoms with E-state index in [1.807, 2.05) is 0 Å². The van der Waals surface area contributed by atoms with E-state index < -0.39 is 16.1 Å². The summed E-state index contributed by atoms with van der Waals surface area (Å²) in [6.07, 6.45) is 0.828. The molecule has 0 radical (unpaired) electrons. The van der Waals surface area contributed by atoms with Gasteiger partial charge in [-0.3, -0.25) is 0 Å². The van der Waals surface area contributed by atoms with E-state index in [-0.39, 0.29) is 29.4 Å². The minimum atomic E-state index is -3.75. The van der Waals surface area contributed by atoms with Crippen LogP contribution in [0.2, 0.25) is 0 Å².